The molecule has 0 unspecified atom stereocenters. The van der Waals surface area contributed by atoms with Crippen LogP contribution in [0.2, 0.25) is 0 Å². The van der Waals surface area contributed by atoms with E-state index in [0.717, 1.165) is 36.8 Å². The van der Waals surface area contributed by atoms with E-state index in [-0.39, 0.29) is 11.3 Å². The Morgan fingerprint density at radius 2 is 1.67 bits per heavy atom. The third-order valence-electron chi connectivity index (χ3n) is 4.21. The Hall–Kier alpha value is -2.34. The van der Waals surface area contributed by atoms with Gasteiger partial charge in [0.2, 0.25) is 5.91 Å². The van der Waals surface area contributed by atoms with Crippen molar-refractivity contribution in [1.82, 2.24) is 0 Å². The number of hydrogen-bond donors (Lipinski definition) is 2. The fraction of sp³-hybridized carbons (Fsp3) is 0.278. The van der Waals surface area contributed by atoms with Gasteiger partial charge in [0.1, 0.15) is 0 Å². The topological polar surface area (TPSA) is 89.3 Å². The molecular formula is C18H20N2O3S. The van der Waals surface area contributed by atoms with E-state index in [9.17, 15) is 13.2 Å². The van der Waals surface area contributed by atoms with Crippen LogP contribution < -0.4 is 10.5 Å². The Labute approximate surface area is 141 Å². The highest BCUT2D eigenvalue weighted by Gasteiger charge is 2.17. The normalized spacial score (nSPS) is 14.0. The number of amides is 1. The number of primary amides is 1. The van der Waals surface area contributed by atoms with E-state index in [1.165, 1.54) is 5.56 Å². The summed E-state index contributed by atoms with van der Waals surface area (Å²) < 4.78 is 27.7. The molecule has 0 aromatic heterocycles. The van der Waals surface area contributed by atoms with Gasteiger partial charge in [-0.2, -0.15) is 0 Å². The highest BCUT2D eigenvalue weighted by atomic mass is 32.2. The number of sulfonamides is 1. The molecule has 5 nitrogen and oxygen atoms in total. The summed E-state index contributed by atoms with van der Waals surface area (Å²) in [4.78, 5) is 11.2. The molecule has 1 amide bonds. The van der Waals surface area contributed by atoms with Gasteiger partial charge in [0.05, 0.1) is 11.3 Å². The fourth-order valence-corrected chi connectivity index (χ4v) is 4.09. The second-order valence-electron chi connectivity index (χ2n) is 6.08. The van der Waals surface area contributed by atoms with Crippen molar-refractivity contribution < 1.29 is 13.2 Å². The van der Waals surface area contributed by atoms with Crippen LogP contribution in [0.15, 0.2) is 47.4 Å². The molecule has 3 N–H and O–H groups in total. The minimum absolute atomic E-state index is 0.137. The average molecular weight is 344 g/mol. The molecule has 0 fully saturated rings. The molecule has 24 heavy (non-hydrogen) atoms. The Balaban J connectivity index is 1.79. The second kappa shape index (κ2) is 6.65. The van der Waals surface area contributed by atoms with E-state index in [1.807, 2.05) is 6.07 Å². The summed E-state index contributed by atoms with van der Waals surface area (Å²) in [5, 5.41) is 0. The third-order valence-corrected chi connectivity index (χ3v) is 5.59. The lowest BCUT2D eigenvalue weighted by Crippen LogP contribution is -2.15. The summed E-state index contributed by atoms with van der Waals surface area (Å²) in [6.45, 7) is 0. The predicted molar refractivity (Wildman–Crippen MR) is 93.2 cm³/mol. The van der Waals surface area contributed by atoms with Crippen molar-refractivity contribution in [1.29, 1.82) is 0 Å². The molecule has 0 saturated carbocycles. The maximum Gasteiger partial charge on any atom is 0.261 e. The number of rotatable bonds is 5. The van der Waals surface area contributed by atoms with Gasteiger partial charge in [0.15, 0.2) is 0 Å². The molecule has 126 valence electrons. The zero-order valence-electron chi connectivity index (χ0n) is 13.3. The van der Waals surface area contributed by atoms with Gasteiger partial charge in [-0.15, -0.1) is 0 Å². The standard InChI is InChI=1S/C18H20N2O3S/c19-18(21)11-13-5-8-16(9-6-13)20-24(22,23)17-10-7-14-3-1-2-4-15(14)12-17/h5-10,12,20H,1-4,11H2,(H2,19,21). The van der Waals surface area contributed by atoms with Gasteiger partial charge in [-0.1, -0.05) is 18.2 Å². The second-order valence-corrected chi connectivity index (χ2v) is 7.77. The van der Waals surface area contributed by atoms with Gasteiger partial charge < -0.3 is 5.73 Å². The number of benzene rings is 2. The van der Waals surface area contributed by atoms with E-state index in [0.29, 0.717) is 5.69 Å². The minimum Gasteiger partial charge on any atom is -0.369 e. The van der Waals surface area contributed by atoms with Crippen molar-refractivity contribution in [2.75, 3.05) is 4.72 Å². The first-order valence-electron chi connectivity index (χ1n) is 7.96. The van der Waals surface area contributed by atoms with Crippen LogP contribution in [0, 0.1) is 0 Å². The molecule has 3 rings (SSSR count). The Bertz CT molecular complexity index is 858. The summed E-state index contributed by atoms with van der Waals surface area (Å²) in [6.07, 6.45) is 4.35. The van der Waals surface area contributed by atoms with Gasteiger partial charge in [-0.25, -0.2) is 8.42 Å². The van der Waals surface area contributed by atoms with E-state index >= 15 is 0 Å². The minimum atomic E-state index is -3.62. The summed E-state index contributed by atoms with van der Waals surface area (Å²) in [7, 11) is -3.62. The van der Waals surface area contributed by atoms with Gasteiger partial charge in [0.25, 0.3) is 10.0 Å². The number of nitrogens with one attached hydrogen (secondary N) is 1. The molecule has 0 atom stereocenters. The van der Waals surface area contributed by atoms with Crippen LogP contribution in [0.4, 0.5) is 5.69 Å². The highest BCUT2D eigenvalue weighted by Crippen LogP contribution is 2.25. The van der Waals surface area contributed by atoms with Gasteiger partial charge in [-0.05, 0) is 66.6 Å². The number of anilines is 1. The number of carbonyl (C=O) groups excluding carboxylic acids is 1. The lowest BCUT2D eigenvalue weighted by Gasteiger charge is -2.17. The number of aryl methyl sites for hydroxylation is 2. The highest BCUT2D eigenvalue weighted by molar-refractivity contribution is 7.92. The maximum atomic E-state index is 12.6. The summed E-state index contributed by atoms with van der Waals surface area (Å²) >= 11 is 0. The van der Waals surface area contributed by atoms with Crippen molar-refractivity contribution >= 4 is 21.6 Å². The SMILES string of the molecule is NC(=O)Cc1ccc(NS(=O)(=O)c2ccc3c(c2)CCCC3)cc1. The summed E-state index contributed by atoms with van der Waals surface area (Å²) in [5.74, 6) is -0.419. The van der Waals surface area contributed by atoms with E-state index in [1.54, 1.807) is 36.4 Å². The van der Waals surface area contributed by atoms with Crippen LogP contribution >= 0.6 is 0 Å². The quantitative estimate of drug-likeness (QED) is 0.873. The molecule has 0 spiro atoms. The lowest BCUT2D eigenvalue weighted by molar-refractivity contribution is -0.117. The van der Waals surface area contributed by atoms with Crippen molar-refractivity contribution in [3.05, 3.63) is 59.2 Å². The van der Waals surface area contributed by atoms with Crippen LogP contribution in [0.3, 0.4) is 0 Å². The van der Waals surface area contributed by atoms with Crippen molar-refractivity contribution in [3.8, 4) is 0 Å². The van der Waals surface area contributed by atoms with Crippen molar-refractivity contribution in [2.24, 2.45) is 5.73 Å². The lowest BCUT2D eigenvalue weighted by atomic mass is 9.92. The van der Waals surface area contributed by atoms with Crippen LogP contribution in [0.1, 0.15) is 29.5 Å². The number of fused-ring (bicyclic) bond motifs is 1. The number of nitrogens with two attached hydrogens (primary N) is 1. The summed E-state index contributed by atoms with van der Waals surface area (Å²) in [6, 6.07) is 12.0. The van der Waals surface area contributed by atoms with E-state index < -0.39 is 15.9 Å². The molecule has 0 aliphatic heterocycles. The Kier molecular flexibility index (Phi) is 4.57. The van der Waals surface area contributed by atoms with E-state index in [2.05, 4.69) is 4.72 Å². The average Bonchev–Trinajstić information content (AvgIpc) is 2.55. The molecule has 1 aliphatic rings. The number of hydrogen-bond acceptors (Lipinski definition) is 3. The first-order chi connectivity index (χ1) is 11.4. The van der Waals surface area contributed by atoms with E-state index in [4.69, 9.17) is 5.73 Å². The Morgan fingerprint density at radius 3 is 2.33 bits per heavy atom. The molecule has 0 bridgehead atoms. The Morgan fingerprint density at radius 1 is 1.00 bits per heavy atom. The monoisotopic (exact) mass is 344 g/mol. The molecule has 6 heteroatoms. The first kappa shape index (κ1) is 16.5. The fourth-order valence-electron chi connectivity index (χ4n) is 2.98. The largest absolute Gasteiger partial charge is 0.369 e. The molecule has 0 saturated heterocycles. The molecule has 2 aromatic carbocycles. The smallest absolute Gasteiger partial charge is 0.261 e. The van der Waals surface area contributed by atoms with Crippen LogP contribution in [-0.2, 0) is 34.1 Å². The van der Waals surface area contributed by atoms with Crippen LogP contribution in [-0.4, -0.2) is 14.3 Å². The van der Waals surface area contributed by atoms with Crippen LogP contribution in [0.5, 0.6) is 0 Å². The molecule has 2 aromatic rings. The zero-order chi connectivity index (χ0) is 17.2. The predicted octanol–water partition coefficient (Wildman–Crippen LogP) is 2.39. The molecule has 1 aliphatic carbocycles. The third kappa shape index (κ3) is 3.76. The van der Waals surface area contributed by atoms with Gasteiger partial charge in [-0.3, -0.25) is 9.52 Å². The van der Waals surface area contributed by atoms with Gasteiger partial charge >= 0.3 is 0 Å². The summed E-state index contributed by atoms with van der Waals surface area (Å²) in [5.41, 5.74) is 8.73. The molecule has 0 radical (unpaired) electrons. The number of carbonyl (C=O) groups is 1. The van der Waals surface area contributed by atoms with Crippen molar-refractivity contribution in [3.63, 3.8) is 0 Å². The van der Waals surface area contributed by atoms with Crippen molar-refractivity contribution in [2.45, 2.75) is 37.0 Å². The first-order valence-corrected chi connectivity index (χ1v) is 9.44. The molecule has 0 heterocycles. The van der Waals surface area contributed by atoms with Gasteiger partial charge in [0, 0.05) is 5.69 Å². The zero-order valence-corrected chi connectivity index (χ0v) is 14.1. The maximum absolute atomic E-state index is 12.6. The van der Waals surface area contributed by atoms with Crippen LogP contribution in [0.25, 0.3) is 0 Å². The molecular weight excluding hydrogens is 324 g/mol.